The molecule has 4 rings (SSSR count). The number of nitrogens with zero attached hydrogens (tertiary/aromatic N) is 3. The van der Waals surface area contributed by atoms with Gasteiger partial charge in [-0.2, -0.15) is 0 Å². The van der Waals surface area contributed by atoms with Gasteiger partial charge < -0.3 is 15.6 Å². The molecule has 0 spiro atoms. The minimum absolute atomic E-state index is 0.495. The molecule has 0 unspecified atom stereocenters. The molecule has 0 saturated heterocycles. The van der Waals surface area contributed by atoms with Crippen molar-refractivity contribution in [3.63, 3.8) is 0 Å². The van der Waals surface area contributed by atoms with Crippen molar-refractivity contribution in [1.82, 2.24) is 9.55 Å². The van der Waals surface area contributed by atoms with Crippen LogP contribution in [0.1, 0.15) is 29.7 Å². The maximum atomic E-state index is 6.08. The molecular formula is C18H23N5S. The number of hydrogen-bond acceptors (Lipinski definition) is 3. The van der Waals surface area contributed by atoms with Crippen LogP contribution in [0.5, 0.6) is 0 Å². The molecule has 3 N–H and O–H groups in total. The lowest BCUT2D eigenvalue weighted by molar-refractivity contribution is 0.687. The van der Waals surface area contributed by atoms with Crippen LogP contribution >= 0.6 is 11.8 Å². The van der Waals surface area contributed by atoms with Crippen LogP contribution in [-0.4, -0.2) is 27.8 Å². The molecule has 1 aliphatic heterocycles. The molecule has 0 radical (unpaired) electrons. The van der Waals surface area contributed by atoms with E-state index in [1.807, 2.05) is 11.8 Å². The molecular weight excluding hydrogens is 318 g/mol. The van der Waals surface area contributed by atoms with Gasteiger partial charge in [-0.15, -0.1) is 0 Å². The van der Waals surface area contributed by atoms with Gasteiger partial charge in [-0.05, 0) is 42.9 Å². The fourth-order valence-electron chi connectivity index (χ4n) is 3.45. The number of thioether (sulfide) groups is 1. The lowest BCUT2D eigenvalue weighted by Crippen LogP contribution is -2.24. The number of hydrogen-bond donors (Lipinski definition) is 2. The highest BCUT2D eigenvalue weighted by Crippen LogP contribution is 2.27. The monoisotopic (exact) mass is 341 g/mol. The predicted octanol–water partition coefficient (Wildman–Crippen LogP) is 2.84. The second-order valence-corrected chi connectivity index (χ2v) is 7.41. The van der Waals surface area contributed by atoms with E-state index in [4.69, 9.17) is 5.73 Å². The molecule has 2 aromatic rings. The highest BCUT2D eigenvalue weighted by Gasteiger charge is 2.14. The van der Waals surface area contributed by atoms with Crippen LogP contribution in [0.2, 0.25) is 0 Å². The molecule has 126 valence electrons. The summed E-state index contributed by atoms with van der Waals surface area (Å²) in [6, 6.07) is 6.43. The summed E-state index contributed by atoms with van der Waals surface area (Å²) in [5.41, 5.74) is 11.2. The van der Waals surface area contributed by atoms with Gasteiger partial charge in [0.05, 0.1) is 5.69 Å². The molecule has 1 aromatic carbocycles. The highest BCUT2D eigenvalue weighted by molar-refractivity contribution is 7.99. The first-order valence-corrected chi connectivity index (χ1v) is 9.65. The van der Waals surface area contributed by atoms with E-state index >= 15 is 0 Å². The molecule has 1 aromatic heterocycles. The summed E-state index contributed by atoms with van der Waals surface area (Å²) in [5, 5.41) is 4.43. The van der Waals surface area contributed by atoms with Gasteiger partial charge in [-0.1, -0.05) is 23.9 Å². The van der Waals surface area contributed by atoms with E-state index in [0.29, 0.717) is 12.5 Å². The maximum absolute atomic E-state index is 6.08. The maximum Gasteiger partial charge on any atom is 0.193 e. The van der Waals surface area contributed by atoms with Crippen LogP contribution in [0.25, 0.3) is 0 Å². The molecule has 24 heavy (non-hydrogen) atoms. The van der Waals surface area contributed by atoms with Crippen molar-refractivity contribution in [1.29, 1.82) is 0 Å². The van der Waals surface area contributed by atoms with Crippen molar-refractivity contribution in [2.75, 3.05) is 17.6 Å². The zero-order chi connectivity index (χ0) is 16.4. The van der Waals surface area contributed by atoms with Gasteiger partial charge in [0.1, 0.15) is 0 Å². The van der Waals surface area contributed by atoms with Crippen molar-refractivity contribution in [2.45, 2.75) is 43.8 Å². The molecule has 2 heterocycles. The summed E-state index contributed by atoms with van der Waals surface area (Å²) >= 11 is 1.82. The fraction of sp³-hybridized carbons (Fsp3) is 0.444. The molecule has 2 aliphatic rings. The third-order valence-corrected chi connectivity index (χ3v) is 5.63. The smallest absolute Gasteiger partial charge is 0.193 e. The van der Waals surface area contributed by atoms with Crippen LogP contribution in [-0.2, 0) is 25.8 Å². The minimum Gasteiger partial charge on any atom is -0.370 e. The Kier molecular flexibility index (Phi) is 4.47. The van der Waals surface area contributed by atoms with Crippen molar-refractivity contribution in [3.8, 4) is 0 Å². The fourth-order valence-corrected chi connectivity index (χ4v) is 4.41. The minimum atomic E-state index is 0.495. The number of anilines is 1. The zero-order valence-corrected chi connectivity index (χ0v) is 14.6. The highest BCUT2D eigenvalue weighted by atomic mass is 32.2. The molecule has 6 heteroatoms. The second kappa shape index (κ2) is 6.89. The Balaban J connectivity index is 1.37. The average Bonchev–Trinajstić information content (AvgIpc) is 3.17. The SMILES string of the molecule is NC(=NCCc1cn2c(n1)SCC2)Nc1cccc2c1CCCC2. The molecule has 0 bridgehead atoms. The summed E-state index contributed by atoms with van der Waals surface area (Å²) in [7, 11) is 0. The van der Waals surface area contributed by atoms with Crippen LogP contribution < -0.4 is 11.1 Å². The molecule has 0 fully saturated rings. The van der Waals surface area contributed by atoms with Crippen molar-refractivity contribution in [2.24, 2.45) is 10.7 Å². The number of nitrogens with two attached hydrogens (primary N) is 1. The molecule has 1 aliphatic carbocycles. The third-order valence-electron chi connectivity index (χ3n) is 4.66. The predicted molar refractivity (Wildman–Crippen MR) is 99.9 cm³/mol. The number of aliphatic imine (C=N–C) groups is 1. The molecule has 0 saturated carbocycles. The van der Waals surface area contributed by atoms with Gasteiger partial charge in [-0.25, -0.2) is 4.98 Å². The van der Waals surface area contributed by atoms with E-state index < -0.39 is 0 Å². The average molecular weight is 341 g/mol. The van der Waals surface area contributed by atoms with E-state index in [0.717, 1.165) is 41.7 Å². The third kappa shape index (κ3) is 3.29. The Morgan fingerprint density at radius 1 is 1.33 bits per heavy atom. The summed E-state index contributed by atoms with van der Waals surface area (Å²) in [6.07, 6.45) is 7.81. The summed E-state index contributed by atoms with van der Waals surface area (Å²) < 4.78 is 2.22. The Bertz CT molecular complexity index is 743. The van der Waals surface area contributed by atoms with Gasteiger partial charge in [0.15, 0.2) is 11.1 Å². The normalized spacial score (nSPS) is 16.8. The Hall–Kier alpha value is -1.95. The quantitative estimate of drug-likeness (QED) is 0.663. The first-order valence-electron chi connectivity index (χ1n) is 8.66. The number of guanidine groups is 1. The van der Waals surface area contributed by atoms with Gasteiger partial charge in [0, 0.05) is 37.1 Å². The molecule has 5 nitrogen and oxygen atoms in total. The first kappa shape index (κ1) is 15.6. The summed E-state index contributed by atoms with van der Waals surface area (Å²) in [5.74, 6) is 1.63. The standard InChI is InChI=1S/C18H23N5S/c19-17(20-9-8-14-12-23-10-11-24-18(23)21-14)22-16-7-3-5-13-4-1-2-6-15(13)16/h3,5,7,12H,1-2,4,6,8-11H2,(H3,19,20,22). The van der Waals surface area contributed by atoms with Crippen molar-refractivity contribution >= 4 is 23.4 Å². The van der Waals surface area contributed by atoms with Crippen LogP contribution in [0.4, 0.5) is 5.69 Å². The second-order valence-electron chi connectivity index (χ2n) is 6.35. The topological polar surface area (TPSA) is 68.2 Å². The first-order chi connectivity index (χ1) is 11.8. The van der Waals surface area contributed by atoms with E-state index in [1.54, 1.807) is 0 Å². The van der Waals surface area contributed by atoms with Crippen LogP contribution in [0.3, 0.4) is 0 Å². The van der Waals surface area contributed by atoms with E-state index in [1.165, 1.54) is 30.4 Å². The van der Waals surface area contributed by atoms with Crippen LogP contribution in [0.15, 0.2) is 34.5 Å². The Labute approximate surface area is 146 Å². The van der Waals surface area contributed by atoms with E-state index in [2.05, 4.69) is 44.3 Å². The number of aromatic nitrogens is 2. The summed E-state index contributed by atoms with van der Waals surface area (Å²) in [4.78, 5) is 9.10. The number of benzene rings is 1. The number of imidazole rings is 1. The van der Waals surface area contributed by atoms with Gasteiger partial charge in [-0.3, -0.25) is 4.99 Å². The zero-order valence-electron chi connectivity index (χ0n) is 13.8. The Morgan fingerprint density at radius 2 is 2.25 bits per heavy atom. The Morgan fingerprint density at radius 3 is 3.17 bits per heavy atom. The van der Waals surface area contributed by atoms with Gasteiger partial charge in [0.25, 0.3) is 0 Å². The lowest BCUT2D eigenvalue weighted by Gasteiger charge is -2.19. The van der Waals surface area contributed by atoms with Gasteiger partial charge >= 0.3 is 0 Å². The number of rotatable bonds is 4. The van der Waals surface area contributed by atoms with E-state index in [-0.39, 0.29) is 0 Å². The largest absolute Gasteiger partial charge is 0.370 e. The van der Waals surface area contributed by atoms with Crippen molar-refractivity contribution in [3.05, 3.63) is 41.2 Å². The van der Waals surface area contributed by atoms with Crippen LogP contribution in [0, 0.1) is 0 Å². The van der Waals surface area contributed by atoms with Crippen molar-refractivity contribution < 1.29 is 0 Å². The number of nitrogens with one attached hydrogen (secondary N) is 1. The lowest BCUT2D eigenvalue weighted by atomic mass is 9.90. The number of aryl methyl sites for hydroxylation is 2. The van der Waals surface area contributed by atoms with E-state index in [9.17, 15) is 0 Å². The summed E-state index contributed by atoms with van der Waals surface area (Å²) in [6.45, 7) is 1.73. The molecule has 0 amide bonds. The molecule has 0 atom stereocenters. The van der Waals surface area contributed by atoms with Gasteiger partial charge in [0.2, 0.25) is 0 Å². The number of fused-ring (bicyclic) bond motifs is 2.